The second-order valence-corrected chi connectivity index (χ2v) is 3.84. The van der Waals surface area contributed by atoms with Crippen LogP contribution in [-0.4, -0.2) is 35.0 Å². The lowest BCUT2D eigenvalue weighted by molar-refractivity contribution is -0.131. The van der Waals surface area contributed by atoms with Crippen LogP contribution in [0.5, 0.6) is 0 Å². The molecule has 1 amide bonds. The van der Waals surface area contributed by atoms with Crippen molar-refractivity contribution in [1.82, 2.24) is 4.90 Å². The normalized spacial score (nSPS) is 34.7. The van der Waals surface area contributed by atoms with E-state index >= 15 is 0 Å². The Bertz CT molecular complexity index is 151. The van der Waals surface area contributed by atoms with Gasteiger partial charge >= 0.3 is 0 Å². The van der Waals surface area contributed by atoms with Crippen LogP contribution < -0.4 is 5.73 Å². The number of carbonyl (C=O) groups is 1. The van der Waals surface area contributed by atoms with Crippen LogP contribution in [0.3, 0.4) is 0 Å². The van der Waals surface area contributed by atoms with Gasteiger partial charge in [-0.15, -0.1) is 11.8 Å². The van der Waals surface area contributed by atoms with E-state index in [4.69, 9.17) is 5.73 Å². The lowest BCUT2D eigenvalue weighted by atomic mass is 10.3. The monoisotopic (exact) mass is 160 g/mol. The summed E-state index contributed by atoms with van der Waals surface area (Å²) < 4.78 is 0. The van der Waals surface area contributed by atoms with Crippen molar-refractivity contribution in [3.05, 3.63) is 0 Å². The molecular weight excluding hydrogens is 148 g/mol. The number of hydrogen-bond donors (Lipinski definition) is 1. The van der Waals surface area contributed by atoms with Gasteiger partial charge in [-0.3, -0.25) is 4.79 Å². The maximum absolute atomic E-state index is 11.1. The van der Waals surface area contributed by atoms with Crippen LogP contribution in [0.15, 0.2) is 0 Å². The molecule has 0 radical (unpaired) electrons. The van der Waals surface area contributed by atoms with E-state index < -0.39 is 0 Å². The van der Waals surface area contributed by atoms with Gasteiger partial charge in [0.1, 0.15) is 0 Å². The van der Waals surface area contributed by atoms with Gasteiger partial charge in [0.25, 0.3) is 0 Å². The average molecular weight is 160 g/mol. The molecule has 1 fully saturated rings. The van der Waals surface area contributed by atoms with Crippen LogP contribution in [0, 0.1) is 0 Å². The smallest absolute Gasteiger partial charge is 0.240 e. The van der Waals surface area contributed by atoms with E-state index in [1.165, 1.54) is 0 Å². The Kier molecular flexibility index (Phi) is 2.21. The first-order valence-corrected chi connectivity index (χ1v) is 4.31. The number of amides is 1. The molecule has 1 heterocycles. The maximum Gasteiger partial charge on any atom is 0.240 e. The summed E-state index contributed by atoms with van der Waals surface area (Å²) in [5.74, 6) is 0.816. The molecule has 4 heteroatoms. The second-order valence-electron chi connectivity index (χ2n) is 2.49. The fraction of sp³-hybridized carbons (Fsp3) is 0.833. The van der Waals surface area contributed by atoms with Crippen molar-refractivity contribution in [2.75, 3.05) is 12.8 Å². The molecule has 0 bridgehead atoms. The average Bonchev–Trinajstić information content (AvgIpc) is 1.93. The van der Waals surface area contributed by atoms with Gasteiger partial charge in [-0.2, -0.15) is 0 Å². The predicted octanol–water partition coefficient (Wildman–Crippen LogP) is -0.135. The minimum Gasteiger partial charge on any atom is -0.333 e. The Morgan fingerprint density at radius 3 is 2.90 bits per heavy atom. The van der Waals surface area contributed by atoms with Crippen LogP contribution in [0.2, 0.25) is 0 Å². The summed E-state index contributed by atoms with van der Waals surface area (Å²) in [7, 11) is 1.79. The van der Waals surface area contributed by atoms with E-state index in [9.17, 15) is 4.79 Å². The Balaban J connectivity index is 2.60. The highest BCUT2D eigenvalue weighted by atomic mass is 32.2. The number of nitrogens with zero attached hydrogens (tertiary/aromatic N) is 1. The predicted molar refractivity (Wildman–Crippen MR) is 42.7 cm³/mol. The Hall–Kier alpha value is -0.220. The third-order valence-electron chi connectivity index (χ3n) is 1.73. The summed E-state index contributed by atoms with van der Waals surface area (Å²) in [5, 5.41) is 0.285. The summed E-state index contributed by atoms with van der Waals surface area (Å²) >= 11 is 1.72. The number of likely N-dealkylation sites (N-methyl/N-ethyl adjacent to an activating group) is 1. The van der Waals surface area contributed by atoms with Crippen molar-refractivity contribution < 1.29 is 4.79 Å². The first-order chi connectivity index (χ1) is 4.63. The molecule has 1 saturated heterocycles. The summed E-state index contributed by atoms with van der Waals surface area (Å²) in [6.45, 7) is 2.01. The van der Waals surface area contributed by atoms with Crippen LogP contribution in [0.25, 0.3) is 0 Å². The van der Waals surface area contributed by atoms with Gasteiger partial charge in [-0.25, -0.2) is 0 Å². The fourth-order valence-electron chi connectivity index (χ4n) is 0.867. The van der Waals surface area contributed by atoms with Crippen molar-refractivity contribution in [3.63, 3.8) is 0 Å². The third kappa shape index (κ3) is 1.27. The van der Waals surface area contributed by atoms with E-state index in [0.29, 0.717) is 0 Å². The number of carbonyl (C=O) groups excluding carboxylic acids is 1. The van der Waals surface area contributed by atoms with Gasteiger partial charge < -0.3 is 10.6 Å². The molecular formula is C6H12N2OS. The number of hydrogen-bond acceptors (Lipinski definition) is 3. The highest BCUT2D eigenvalue weighted by molar-refractivity contribution is 8.00. The first-order valence-electron chi connectivity index (χ1n) is 3.27. The minimum atomic E-state index is -0.286. The Morgan fingerprint density at radius 1 is 1.80 bits per heavy atom. The van der Waals surface area contributed by atoms with Crippen molar-refractivity contribution in [1.29, 1.82) is 0 Å². The number of thioether (sulfide) groups is 1. The van der Waals surface area contributed by atoms with Crippen molar-refractivity contribution in [2.45, 2.75) is 18.3 Å². The number of rotatable bonds is 0. The van der Waals surface area contributed by atoms with Gasteiger partial charge in [0.15, 0.2) is 0 Å². The van der Waals surface area contributed by atoms with Crippen LogP contribution in [0.4, 0.5) is 0 Å². The van der Waals surface area contributed by atoms with E-state index in [2.05, 4.69) is 0 Å². The van der Waals surface area contributed by atoms with Crippen LogP contribution in [-0.2, 0) is 4.79 Å². The maximum atomic E-state index is 11.1. The standard InChI is InChI=1S/C6H12N2OS/c1-4-8(2)6(9)5(7)3-10-4/h4-5H,3,7H2,1-2H3. The Labute approximate surface area is 64.9 Å². The van der Waals surface area contributed by atoms with Gasteiger partial charge in [-0.1, -0.05) is 0 Å². The lowest BCUT2D eigenvalue weighted by Crippen LogP contribution is -2.50. The molecule has 10 heavy (non-hydrogen) atoms. The molecule has 2 N–H and O–H groups in total. The molecule has 1 aliphatic rings. The van der Waals surface area contributed by atoms with Gasteiger partial charge in [-0.05, 0) is 6.92 Å². The molecule has 2 atom stereocenters. The third-order valence-corrected chi connectivity index (χ3v) is 3.08. The number of nitrogens with two attached hydrogens (primary N) is 1. The van der Waals surface area contributed by atoms with Gasteiger partial charge in [0.2, 0.25) is 5.91 Å². The van der Waals surface area contributed by atoms with Crippen LogP contribution >= 0.6 is 11.8 Å². The van der Waals surface area contributed by atoms with Gasteiger partial charge in [0.05, 0.1) is 11.4 Å². The molecule has 0 aromatic rings. The molecule has 0 aromatic heterocycles. The van der Waals surface area contributed by atoms with E-state index in [0.717, 1.165) is 5.75 Å². The summed E-state index contributed by atoms with van der Waals surface area (Å²) in [6, 6.07) is -0.286. The topological polar surface area (TPSA) is 46.3 Å². The highest BCUT2D eigenvalue weighted by Gasteiger charge is 2.27. The zero-order valence-corrected chi connectivity index (χ0v) is 7.02. The molecule has 58 valence electrons. The first kappa shape index (κ1) is 7.88. The van der Waals surface area contributed by atoms with Crippen LogP contribution in [0.1, 0.15) is 6.92 Å². The van der Waals surface area contributed by atoms with Crippen molar-refractivity contribution >= 4 is 17.7 Å². The Morgan fingerprint density at radius 2 is 2.40 bits per heavy atom. The highest BCUT2D eigenvalue weighted by Crippen LogP contribution is 2.20. The summed E-state index contributed by atoms with van der Waals surface area (Å²) in [5.41, 5.74) is 5.52. The van der Waals surface area contributed by atoms with E-state index in [-0.39, 0.29) is 17.3 Å². The minimum absolute atomic E-state index is 0.0613. The molecule has 3 nitrogen and oxygen atoms in total. The van der Waals surface area contributed by atoms with Gasteiger partial charge in [0, 0.05) is 12.8 Å². The summed E-state index contributed by atoms with van der Waals surface area (Å²) in [4.78, 5) is 12.8. The van der Waals surface area contributed by atoms with E-state index in [1.807, 2.05) is 6.92 Å². The SMILES string of the molecule is CC1SCC(N)C(=O)N1C. The quantitative estimate of drug-likeness (QED) is 0.536. The molecule has 1 aliphatic heterocycles. The lowest BCUT2D eigenvalue weighted by Gasteiger charge is -2.32. The zero-order valence-electron chi connectivity index (χ0n) is 6.20. The van der Waals surface area contributed by atoms with Crippen molar-refractivity contribution in [2.24, 2.45) is 5.73 Å². The largest absolute Gasteiger partial charge is 0.333 e. The summed E-state index contributed by atoms with van der Waals surface area (Å²) in [6.07, 6.45) is 0. The molecule has 2 unspecified atom stereocenters. The van der Waals surface area contributed by atoms with Crippen molar-refractivity contribution in [3.8, 4) is 0 Å². The molecule has 0 aromatic carbocycles. The second kappa shape index (κ2) is 2.80. The molecule has 0 saturated carbocycles. The molecule has 0 aliphatic carbocycles. The van der Waals surface area contributed by atoms with E-state index in [1.54, 1.807) is 23.7 Å². The molecule has 1 rings (SSSR count). The zero-order chi connectivity index (χ0) is 7.72. The molecule has 0 spiro atoms. The fourth-order valence-corrected chi connectivity index (χ4v) is 1.82.